The standard InChI is InChI=1S/C21H21N3/c22-12-17-9-16-7-4-8-19(16)23-20(17)24-13-21(14-24)10-18(11-21)15-5-2-1-3-6-15/h1-3,5-6,9,18H,4,7-8,10-11,13-14H2. The molecular weight excluding hydrogens is 294 g/mol. The van der Waals surface area contributed by atoms with Gasteiger partial charge in [0.15, 0.2) is 0 Å². The number of pyridine rings is 1. The van der Waals surface area contributed by atoms with Gasteiger partial charge in [-0.2, -0.15) is 5.26 Å². The molecule has 3 nitrogen and oxygen atoms in total. The van der Waals surface area contributed by atoms with Crippen molar-refractivity contribution in [3.63, 3.8) is 0 Å². The van der Waals surface area contributed by atoms with Crippen molar-refractivity contribution in [2.75, 3.05) is 18.0 Å². The topological polar surface area (TPSA) is 39.9 Å². The maximum Gasteiger partial charge on any atom is 0.146 e. The van der Waals surface area contributed by atoms with Gasteiger partial charge in [0, 0.05) is 24.2 Å². The van der Waals surface area contributed by atoms with Crippen molar-refractivity contribution in [3.8, 4) is 6.07 Å². The van der Waals surface area contributed by atoms with Crippen LogP contribution < -0.4 is 4.90 Å². The number of hydrogen-bond acceptors (Lipinski definition) is 3. The van der Waals surface area contributed by atoms with Gasteiger partial charge in [-0.25, -0.2) is 4.98 Å². The number of hydrogen-bond donors (Lipinski definition) is 0. The molecule has 2 fully saturated rings. The molecule has 1 aromatic carbocycles. The lowest BCUT2D eigenvalue weighted by atomic mass is 9.56. The highest BCUT2D eigenvalue weighted by Crippen LogP contribution is 2.56. The maximum atomic E-state index is 9.49. The summed E-state index contributed by atoms with van der Waals surface area (Å²) in [4.78, 5) is 7.18. The molecule has 120 valence electrons. The van der Waals surface area contributed by atoms with Crippen molar-refractivity contribution in [1.29, 1.82) is 5.26 Å². The average molecular weight is 315 g/mol. The zero-order valence-corrected chi connectivity index (χ0v) is 13.8. The van der Waals surface area contributed by atoms with Gasteiger partial charge in [-0.1, -0.05) is 30.3 Å². The third-order valence-corrected chi connectivity index (χ3v) is 6.13. The van der Waals surface area contributed by atoms with E-state index in [0.717, 1.165) is 43.2 Å². The van der Waals surface area contributed by atoms with Gasteiger partial charge in [-0.15, -0.1) is 0 Å². The molecule has 24 heavy (non-hydrogen) atoms. The van der Waals surface area contributed by atoms with E-state index in [4.69, 9.17) is 4.98 Å². The number of anilines is 1. The van der Waals surface area contributed by atoms with Gasteiger partial charge in [0.1, 0.15) is 11.9 Å². The predicted octanol–water partition coefficient (Wildman–Crippen LogP) is 3.83. The molecule has 1 aromatic heterocycles. The van der Waals surface area contributed by atoms with E-state index in [9.17, 15) is 5.26 Å². The summed E-state index contributed by atoms with van der Waals surface area (Å²) in [5, 5.41) is 9.49. The Labute approximate surface area is 142 Å². The van der Waals surface area contributed by atoms with Gasteiger partial charge < -0.3 is 4.90 Å². The molecule has 0 atom stereocenters. The summed E-state index contributed by atoms with van der Waals surface area (Å²) in [5.74, 6) is 1.66. The molecule has 3 heteroatoms. The number of benzene rings is 1. The van der Waals surface area contributed by atoms with E-state index in [1.807, 2.05) is 0 Å². The number of nitriles is 1. The van der Waals surface area contributed by atoms with Crippen LogP contribution in [0.4, 0.5) is 5.82 Å². The van der Waals surface area contributed by atoms with Gasteiger partial charge in [0.2, 0.25) is 0 Å². The Bertz CT molecular complexity index is 820. The minimum atomic E-state index is 0.466. The molecule has 2 aliphatic carbocycles. The summed E-state index contributed by atoms with van der Waals surface area (Å²) in [7, 11) is 0. The molecule has 0 bridgehead atoms. The van der Waals surface area contributed by atoms with E-state index in [1.165, 1.54) is 36.1 Å². The summed E-state index contributed by atoms with van der Waals surface area (Å²) >= 11 is 0. The van der Waals surface area contributed by atoms with Crippen LogP contribution in [0.25, 0.3) is 0 Å². The normalized spacial score (nSPS) is 21.0. The van der Waals surface area contributed by atoms with E-state index in [-0.39, 0.29) is 0 Å². The molecule has 0 unspecified atom stereocenters. The minimum Gasteiger partial charge on any atom is -0.354 e. The Morgan fingerprint density at radius 2 is 1.92 bits per heavy atom. The molecule has 1 spiro atoms. The summed E-state index contributed by atoms with van der Waals surface area (Å²) < 4.78 is 0. The lowest BCUT2D eigenvalue weighted by Gasteiger charge is -2.59. The van der Waals surface area contributed by atoms with Gasteiger partial charge in [0.05, 0.1) is 5.56 Å². The van der Waals surface area contributed by atoms with Crippen LogP contribution in [-0.4, -0.2) is 18.1 Å². The molecule has 2 heterocycles. The summed E-state index contributed by atoms with van der Waals surface area (Å²) in [5.41, 5.74) is 5.23. The van der Waals surface area contributed by atoms with Crippen LogP contribution >= 0.6 is 0 Å². The molecule has 0 N–H and O–H groups in total. The first-order valence-corrected chi connectivity index (χ1v) is 8.99. The summed E-state index contributed by atoms with van der Waals surface area (Å²) in [6.45, 7) is 2.13. The van der Waals surface area contributed by atoms with Crippen molar-refractivity contribution < 1.29 is 0 Å². The molecule has 3 aliphatic rings. The molecule has 5 rings (SSSR count). The Morgan fingerprint density at radius 3 is 2.67 bits per heavy atom. The van der Waals surface area contributed by atoms with E-state index < -0.39 is 0 Å². The van der Waals surface area contributed by atoms with Gasteiger partial charge in [-0.3, -0.25) is 0 Å². The first kappa shape index (κ1) is 14.0. The van der Waals surface area contributed by atoms with Gasteiger partial charge in [-0.05, 0) is 55.2 Å². The quantitative estimate of drug-likeness (QED) is 0.845. The third-order valence-electron chi connectivity index (χ3n) is 6.13. The van der Waals surface area contributed by atoms with Crippen LogP contribution in [-0.2, 0) is 12.8 Å². The van der Waals surface area contributed by atoms with Crippen LogP contribution in [0.5, 0.6) is 0 Å². The smallest absolute Gasteiger partial charge is 0.146 e. The first-order chi connectivity index (χ1) is 11.8. The highest BCUT2D eigenvalue weighted by molar-refractivity contribution is 5.59. The van der Waals surface area contributed by atoms with Crippen molar-refractivity contribution in [2.24, 2.45) is 5.41 Å². The van der Waals surface area contributed by atoms with Crippen molar-refractivity contribution in [3.05, 3.63) is 58.8 Å². The molecule has 1 saturated carbocycles. The lowest BCUT2D eigenvalue weighted by Crippen LogP contribution is -2.62. The Balaban J connectivity index is 1.31. The maximum absolute atomic E-state index is 9.49. The van der Waals surface area contributed by atoms with Crippen LogP contribution in [0.1, 0.15) is 47.6 Å². The van der Waals surface area contributed by atoms with Crippen LogP contribution in [0, 0.1) is 16.7 Å². The van der Waals surface area contributed by atoms with Crippen LogP contribution in [0.2, 0.25) is 0 Å². The molecule has 1 saturated heterocycles. The van der Waals surface area contributed by atoms with Crippen LogP contribution in [0.15, 0.2) is 36.4 Å². The predicted molar refractivity (Wildman–Crippen MR) is 94.0 cm³/mol. The number of rotatable bonds is 2. The Hall–Kier alpha value is -2.34. The zero-order chi connectivity index (χ0) is 16.1. The van der Waals surface area contributed by atoms with E-state index in [0.29, 0.717) is 5.41 Å². The Morgan fingerprint density at radius 1 is 1.12 bits per heavy atom. The number of aromatic nitrogens is 1. The second-order valence-corrected chi connectivity index (χ2v) is 7.80. The molecule has 0 amide bonds. The average Bonchev–Trinajstić information content (AvgIpc) is 2.99. The van der Waals surface area contributed by atoms with Crippen molar-refractivity contribution in [1.82, 2.24) is 4.98 Å². The summed E-state index contributed by atoms with van der Waals surface area (Å²) in [6, 6.07) is 15.3. The molecular formula is C21H21N3. The number of nitrogens with zero attached hydrogens (tertiary/aromatic N) is 3. The minimum absolute atomic E-state index is 0.466. The number of aryl methyl sites for hydroxylation is 2. The van der Waals surface area contributed by atoms with Crippen molar-refractivity contribution in [2.45, 2.75) is 38.0 Å². The van der Waals surface area contributed by atoms with Crippen molar-refractivity contribution >= 4 is 5.82 Å². The van der Waals surface area contributed by atoms with Gasteiger partial charge in [0.25, 0.3) is 0 Å². The fourth-order valence-corrected chi connectivity index (χ4v) is 4.90. The second-order valence-electron chi connectivity index (χ2n) is 7.80. The monoisotopic (exact) mass is 315 g/mol. The van der Waals surface area contributed by atoms with Gasteiger partial charge >= 0.3 is 0 Å². The van der Waals surface area contributed by atoms with Crippen LogP contribution in [0.3, 0.4) is 0 Å². The largest absolute Gasteiger partial charge is 0.354 e. The Kier molecular flexibility index (Phi) is 2.97. The molecule has 1 aliphatic heterocycles. The highest BCUT2D eigenvalue weighted by Gasteiger charge is 2.53. The fourth-order valence-electron chi connectivity index (χ4n) is 4.90. The van der Waals surface area contributed by atoms with E-state index in [1.54, 1.807) is 0 Å². The molecule has 2 aromatic rings. The first-order valence-electron chi connectivity index (χ1n) is 8.99. The summed E-state index contributed by atoms with van der Waals surface area (Å²) in [6.07, 6.45) is 5.89. The van der Waals surface area contributed by atoms with E-state index in [2.05, 4.69) is 47.4 Å². The SMILES string of the molecule is N#Cc1cc2c(nc1N1CC3(CC(c4ccccc4)C3)C1)CCC2. The number of fused-ring (bicyclic) bond motifs is 1. The zero-order valence-electron chi connectivity index (χ0n) is 13.8. The third kappa shape index (κ3) is 2.06. The van der Waals surface area contributed by atoms with E-state index >= 15 is 0 Å². The highest BCUT2D eigenvalue weighted by atomic mass is 15.3. The molecule has 0 radical (unpaired) electrons. The lowest BCUT2D eigenvalue weighted by molar-refractivity contribution is 0.0626. The fraction of sp³-hybridized carbons (Fsp3) is 0.429. The second kappa shape index (κ2) is 5.08.